The minimum absolute atomic E-state index is 0.123. The van der Waals surface area contributed by atoms with Crippen LogP contribution in [-0.4, -0.2) is 11.5 Å². The maximum absolute atomic E-state index is 9.27. The summed E-state index contributed by atoms with van der Waals surface area (Å²) in [6.45, 7) is 0. The molecule has 0 unspecified atom stereocenters. The molecule has 0 saturated heterocycles. The first-order chi connectivity index (χ1) is 12.1. The molecule has 0 aromatic heterocycles. The van der Waals surface area contributed by atoms with E-state index in [1.165, 1.54) is 0 Å². The van der Waals surface area contributed by atoms with Crippen molar-refractivity contribution in [2.75, 3.05) is 0 Å². The molecule has 0 aliphatic carbocycles. The van der Waals surface area contributed by atoms with Gasteiger partial charge >= 0.3 is 0 Å². The van der Waals surface area contributed by atoms with Crippen LogP contribution in [-0.2, 0) is 0 Å². The van der Waals surface area contributed by atoms with E-state index in [9.17, 15) is 10.5 Å². The Labute approximate surface area is 154 Å². The minimum Gasteiger partial charge on any atom is -0.260 e. The van der Waals surface area contributed by atoms with Crippen molar-refractivity contribution in [3.63, 3.8) is 0 Å². The van der Waals surface area contributed by atoms with E-state index in [2.05, 4.69) is 15.5 Å². The molecular weight excluding hydrogens is 357 g/mol. The van der Waals surface area contributed by atoms with Gasteiger partial charge in [-0.3, -0.25) is 5.43 Å². The van der Waals surface area contributed by atoms with Crippen molar-refractivity contribution >= 4 is 34.7 Å². The summed E-state index contributed by atoms with van der Waals surface area (Å²) in [6.07, 6.45) is 0. The Morgan fingerprint density at radius 2 is 1.36 bits per heavy atom. The standard InChI is InChI=1S/C18H9Cl2N5/c19-14-5-1-11(2-6-14)17-16(13(9-21)10-22)23-18(25-24-17)12-3-7-15(20)8-4-12/h1-8H,(H,23,25). The van der Waals surface area contributed by atoms with Crippen LogP contribution >= 0.6 is 23.2 Å². The maximum Gasteiger partial charge on any atom is 0.157 e. The van der Waals surface area contributed by atoms with E-state index in [-0.39, 0.29) is 11.3 Å². The highest BCUT2D eigenvalue weighted by Crippen LogP contribution is 2.21. The van der Waals surface area contributed by atoms with E-state index < -0.39 is 0 Å². The molecule has 0 amide bonds. The van der Waals surface area contributed by atoms with Crippen LogP contribution in [0, 0.1) is 22.7 Å². The average molecular weight is 366 g/mol. The number of hydrogen-bond donors (Lipinski definition) is 1. The van der Waals surface area contributed by atoms with Crippen LogP contribution in [0.25, 0.3) is 0 Å². The van der Waals surface area contributed by atoms with E-state index in [1.54, 1.807) is 48.5 Å². The largest absolute Gasteiger partial charge is 0.260 e. The Balaban J connectivity index is 2.10. The van der Waals surface area contributed by atoms with Crippen molar-refractivity contribution in [3.8, 4) is 12.1 Å². The van der Waals surface area contributed by atoms with Crippen LogP contribution in [0.4, 0.5) is 0 Å². The van der Waals surface area contributed by atoms with E-state index >= 15 is 0 Å². The fourth-order valence-corrected chi connectivity index (χ4v) is 2.45. The number of aliphatic imine (C=N–C) groups is 1. The molecule has 5 nitrogen and oxygen atoms in total. The highest BCUT2D eigenvalue weighted by Gasteiger charge is 2.21. The first kappa shape index (κ1) is 16.7. The smallest absolute Gasteiger partial charge is 0.157 e. The molecular formula is C18H9Cl2N5. The van der Waals surface area contributed by atoms with Gasteiger partial charge in [-0.1, -0.05) is 35.3 Å². The molecule has 120 valence electrons. The molecule has 1 aliphatic heterocycles. The number of allylic oxidation sites excluding steroid dienone is 2. The lowest BCUT2D eigenvalue weighted by Crippen LogP contribution is -2.27. The Morgan fingerprint density at radius 3 is 1.88 bits per heavy atom. The number of hydrazone groups is 1. The number of nitrogens with zero attached hydrogens (tertiary/aromatic N) is 4. The topological polar surface area (TPSA) is 84.3 Å². The van der Waals surface area contributed by atoms with Crippen LogP contribution in [0.1, 0.15) is 11.1 Å². The van der Waals surface area contributed by atoms with Crippen molar-refractivity contribution < 1.29 is 0 Å². The Bertz CT molecular complexity index is 972. The summed E-state index contributed by atoms with van der Waals surface area (Å²) in [4.78, 5) is 4.44. The number of hydrogen-bond acceptors (Lipinski definition) is 5. The van der Waals surface area contributed by atoms with E-state index in [4.69, 9.17) is 23.2 Å². The van der Waals surface area contributed by atoms with E-state index in [0.29, 0.717) is 27.2 Å². The van der Waals surface area contributed by atoms with Crippen LogP contribution in [0.5, 0.6) is 0 Å². The molecule has 0 bridgehead atoms. The van der Waals surface area contributed by atoms with Crippen molar-refractivity contribution in [2.45, 2.75) is 0 Å². The minimum atomic E-state index is -0.123. The van der Waals surface area contributed by atoms with Gasteiger partial charge in [0.25, 0.3) is 0 Å². The molecule has 0 spiro atoms. The third kappa shape index (κ3) is 3.54. The van der Waals surface area contributed by atoms with Crippen LogP contribution in [0.2, 0.25) is 10.0 Å². The fourth-order valence-electron chi connectivity index (χ4n) is 2.20. The quantitative estimate of drug-likeness (QED) is 0.814. The number of rotatable bonds is 2. The number of amidine groups is 1. The van der Waals surface area contributed by atoms with Crippen LogP contribution < -0.4 is 5.43 Å². The summed E-state index contributed by atoms with van der Waals surface area (Å²) in [5.41, 5.74) is 4.76. The van der Waals surface area contributed by atoms with Crippen molar-refractivity contribution in [1.82, 2.24) is 5.43 Å². The summed E-state index contributed by atoms with van der Waals surface area (Å²) in [7, 11) is 0. The van der Waals surface area contributed by atoms with Crippen LogP contribution in [0.15, 0.2) is 69.9 Å². The molecule has 7 heteroatoms. The van der Waals surface area contributed by atoms with Gasteiger partial charge in [-0.2, -0.15) is 15.6 Å². The number of halogens is 2. The van der Waals surface area contributed by atoms with Gasteiger partial charge in [0.2, 0.25) is 0 Å². The molecule has 2 aromatic rings. The van der Waals surface area contributed by atoms with Gasteiger partial charge in [-0.25, -0.2) is 4.99 Å². The van der Waals surface area contributed by atoms with Crippen molar-refractivity contribution in [3.05, 3.63) is 81.0 Å². The molecule has 0 radical (unpaired) electrons. The predicted molar refractivity (Wildman–Crippen MR) is 97.4 cm³/mol. The molecule has 0 fully saturated rings. The monoisotopic (exact) mass is 365 g/mol. The van der Waals surface area contributed by atoms with Gasteiger partial charge in [-0.15, -0.1) is 0 Å². The summed E-state index contributed by atoms with van der Waals surface area (Å²) >= 11 is 11.8. The zero-order valence-electron chi connectivity index (χ0n) is 12.7. The van der Waals surface area contributed by atoms with Crippen molar-refractivity contribution in [2.24, 2.45) is 10.1 Å². The number of benzene rings is 2. The van der Waals surface area contributed by atoms with Gasteiger partial charge < -0.3 is 0 Å². The first-order valence-corrected chi connectivity index (χ1v) is 7.87. The predicted octanol–water partition coefficient (Wildman–Crippen LogP) is 4.05. The summed E-state index contributed by atoms with van der Waals surface area (Å²) < 4.78 is 0. The molecule has 0 atom stereocenters. The SMILES string of the molecule is N#CC(C#N)=C1N=C(c2ccc(Cl)cc2)NN=C1c1ccc(Cl)cc1. The van der Waals surface area contributed by atoms with Crippen LogP contribution in [0.3, 0.4) is 0 Å². The second kappa shape index (κ2) is 7.19. The molecule has 3 rings (SSSR count). The maximum atomic E-state index is 9.27. The van der Waals surface area contributed by atoms with E-state index in [0.717, 1.165) is 5.56 Å². The fraction of sp³-hybridized carbons (Fsp3) is 0. The third-order valence-corrected chi connectivity index (χ3v) is 3.92. The first-order valence-electron chi connectivity index (χ1n) is 7.11. The van der Waals surface area contributed by atoms with Gasteiger partial charge in [0.15, 0.2) is 11.4 Å². The summed E-state index contributed by atoms with van der Waals surface area (Å²) in [5.74, 6) is 0.424. The zero-order chi connectivity index (χ0) is 17.8. The normalized spacial score (nSPS) is 13.0. The summed E-state index contributed by atoms with van der Waals surface area (Å²) in [6, 6.07) is 17.6. The Morgan fingerprint density at radius 1 is 0.840 bits per heavy atom. The molecule has 1 heterocycles. The lowest BCUT2D eigenvalue weighted by Gasteiger charge is -2.17. The molecule has 1 N–H and O–H groups in total. The molecule has 2 aromatic carbocycles. The third-order valence-electron chi connectivity index (χ3n) is 3.42. The number of nitrogens with one attached hydrogen (secondary N) is 1. The van der Waals surface area contributed by atoms with Gasteiger partial charge in [0.1, 0.15) is 23.5 Å². The molecule has 0 saturated carbocycles. The number of nitriles is 2. The Hall–Kier alpha value is -3.12. The second-order valence-corrected chi connectivity index (χ2v) is 5.87. The Kier molecular flexibility index (Phi) is 4.81. The zero-order valence-corrected chi connectivity index (χ0v) is 14.2. The van der Waals surface area contributed by atoms with Gasteiger partial charge in [-0.05, 0) is 36.4 Å². The van der Waals surface area contributed by atoms with Gasteiger partial charge in [0.05, 0.1) is 0 Å². The lowest BCUT2D eigenvalue weighted by atomic mass is 10.0. The molecule has 25 heavy (non-hydrogen) atoms. The summed E-state index contributed by atoms with van der Waals surface area (Å²) in [5, 5.41) is 24.0. The molecule has 1 aliphatic rings. The van der Waals surface area contributed by atoms with Gasteiger partial charge in [0, 0.05) is 21.2 Å². The van der Waals surface area contributed by atoms with E-state index in [1.807, 2.05) is 12.1 Å². The lowest BCUT2D eigenvalue weighted by molar-refractivity contribution is 0.993. The average Bonchev–Trinajstić information content (AvgIpc) is 2.64. The highest BCUT2D eigenvalue weighted by atomic mass is 35.5. The highest BCUT2D eigenvalue weighted by molar-refractivity contribution is 6.31. The second-order valence-electron chi connectivity index (χ2n) is 4.99. The van der Waals surface area contributed by atoms with Crippen molar-refractivity contribution in [1.29, 1.82) is 10.5 Å².